The molecule has 0 aromatic carbocycles. The Labute approximate surface area is 67.7 Å². The maximum absolute atomic E-state index is 10.8. The van der Waals surface area contributed by atoms with Gasteiger partial charge in [-0.25, -0.2) is 4.98 Å². The minimum absolute atomic E-state index is 0.0321. The molecule has 1 amide bonds. The summed E-state index contributed by atoms with van der Waals surface area (Å²) < 4.78 is 0.497. The number of nitrogens with one attached hydrogen (secondary N) is 2. The first-order valence-electron chi connectivity index (χ1n) is 3.14. The van der Waals surface area contributed by atoms with E-state index in [-0.39, 0.29) is 5.91 Å². The largest absolute Gasteiger partial charge is 0.332 e. The molecule has 0 bridgehead atoms. The van der Waals surface area contributed by atoms with Crippen LogP contribution in [0.5, 0.6) is 0 Å². The smallest absolute Gasteiger partial charge is 0.230 e. The summed E-state index contributed by atoms with van der Waals surface area (Å²) in [7, 11) is 0. The Morgan fingerprint density at radius 3 is 3.18 bits per heavy atom. The highest BCUT2D eigenvalue weighted by atomic mass is 32.1. The van der Waals surface area contributed by atoms with Crippen molar-refractivity contribution in [1.82, 2.24) is 9.97 Å². The molecule has 0 saturated carbocycles. The Bertz CT molecular complexity index is 370. The monoisotopic (exact) mass is 167 g/mol. The molecule has 2 N–H and O–H groups in total. The van der Waals surface area contributed by atoms with Gasteiger partial charge in [0.2, 0.25) is 5.91 Å². The third kappa shape index (κ3) is 0.932. The zero-order valence-corrected chi connectivity index (χ0v) is 6.36. The molecule has 1 aliphatic heterocycles. The van der Waals surface area contributed by atoms with E-state index in [1.807, 2.05) is 0 Å². The molecule has 4 nitrogen and oxygen atoms in total. The normalized spacial score (nSPS) is 14.4. The van der Waals surface area contributed by atoms with Gasteiger partial charge in [-0.3, -0.25) is 4.79 Å². The number of H-pyrrole nitrogens is 1. The van der Waals surface area contributed by atoms with Crippen LogP contribution < -0.4 is 5.32 Å². The summed E-state index contributed by atoms with van der Waals surface area (Å²) in [6.07, 6.45) is 1.82. The van der Waals surface area contributed by atoms with Crippen LogP contribution >= 0.6 is 12.2 Å². The van der Waals surface area contributed by atoms with Crippen LogP contribution in [0.3, 0.4) is 0 Å². The second-order valence-corrected chi connectivity index (χ2v) is 2.67. The van der Waals surface area contributed by atoms with E-state index in [1.54, 1.807) is 0 Å². The average molecular weight is 167 g/mol. The van der Waals surface area contributed by atoms with Gasteiger partial charge in [0.15, 0.2) is 0 Å². The Morgan fingerprint density at radius 2 is 2.45 bits per heavy atom. The number of fused-ring (bicyclic) bond motifs is 1. The first-order valence-corrected chi connectivity index (χ1v) is 3.54. The molecule has 2 heterocycles. The predicted molar refractivity (Wildman–Crippen MR) is 41.8 cm³/mol. The van der Waals surface area contributed by atoms with Crippen LogP contribution in [0.1, 0.15) is 5.56 Å². The highest BCUT2D eigenvalue weighted by Crippen LogP contribution is 2.18. The maximum Gasteiger partial charge on any atom is 0.230 e. The van der Waals surface area contributed by atoms with Crippen molar-refractivity contribution in [3.8, 4) is 0 Å². The molecule has 5 heteroatoms. The molecule has 1 aromatic rings. The van der Waals surface area contributed by atoms with Crippen LogP contribution in [0.4, 0.5) is 5.82 Å². The van der Waals surface area contributed by atoms with Gasteiger partial charge in [0.05, 0.1) is 12.7 Å². The molecule has 1 aromatic heterocycles. The summed E-state index contributed by atoms with van der Waals surface area (Å²) in [5, 5.41) is 2.64. The molecule has 0 aliphatic carbocycles. The molecule has 0 fully saturated rings. The number of carbonyl (C=O) groups is 1. The lowest BCUT2D eigenvalue weighted by atomic mass is 10.3. The number of aromatic nitrogens is 2. The Balaban J connectivity index is 2.66. The number of rotatable bonds is 0. The summed E-state index contributed by atoms with van der Waals surface area (Å²) in [6, 6.07) is 0. The van der Waals surface area contributed by atoms with E-state index < -0.39 is 0 Å². The summed E-state index contributed by atoms with van der Waals surface area (Å²) in [6.45, 7) is 0. The van der Waals surface area contributed by atoms with E-state index >= 15 is 0 Å². The van der Waals surface area contributed by atoms with Crippen molar-refractivity contribution in [2.45, 2.75) is 6.42 Å². The summed E-state index contributed by atoms with van der Waals surface area (Å²) in [4.78, 5) is 17.5. The van der Waals surface area contributed by atoms with E-state index in [0.717, 1.165) is 5.56 Å². The summed E-state index contributed by atoms with van der Waals surface area (Å²) in [5.74, 6) is 0.658. The van der Waals surface area contributed by atoms with Crippen molar-refractivity contribution < 1.29 is 4.79 Å². The van der Waals surface area contributed by atoms with Gasteiger partial charge < -0.3 is 10.3 Å². The lowest BCUT2D eigenvalue weighted by Crippen LogP contribution is -2.04. The minimum atomic E-state index is -0.0321. The topological polar surface area (TPSA) is 57.8 Å². The van der Waals surface area contributed by atoms with E-state index in [0.29, 0.717) is 16.9 Å². The molecular formula is C6H5N3OS. The van der Waals surface area contributed by atoms with Crippen molar-refractivity contribution in [1.29, 1.82) is 0 Å². The lowest BCUT2D eigenvalue weighted by molar-refractivity contribution is -0.115. The van der Waals surface area contributed by atoms with Gasteiger partial charge in [-0.2, -0.15) is 0 Å². The molecule has 2 rings (SSSR count). The molecule has 1 aliphatic rings. The van der Waals surface area contributed by atoms with Gasteiger partial charge in [-0.1, -0.05) is 12.2 Å². The fourth-order valence-electron chi connectivity index (χ4n) is 1.05. The van der Waals surface area contributed by atoms with Crippen molar-refractivity contribution in [2.24, 2.45) is 0 Å². The Morgan fingerprint density at radius 1 is 1.64 bits per heavy atom. The van der Waals surface area contributed by atoms with Gasteiger partial charge in [0.1, 0.15) is 10.5 Å². The highest BCUT2D eigenvalue weighted by Gasteiger charge is 2.18. The summed E-state index contributed by atoms with van der Waals surface area (Å²) >= 11 is 4.91. The van der Waals surface area contributed by atoms with Crippen LogP contribution in [0.25, 0.3) is 0 Å². The van der Waals surface area contributed by atoms with E-state index in [1.165, 1.54) is 6.33 Å². The highest BCUT2D eigenvalue weighted by molar-refractivity contribution is 7.71. The zero-order valence-electron chi connectivity index (χ0n) is 5.55. The van der Waals surface area contributed by atoms with E-state index in [9.17, 15) is 4.79 Å². The number of carbonyl (C=O) groups excluding carboxylic acids is 1. The molecule has 0 saturated heterocycles. The average Bonchev–Trinajstić information content (AvgIpc) is 2.31. The minimum Gasteiger partial charge on any atom is -0.332 e. The molecule has 56 valence electrons. The number of nitrogens with zero attached hydrogens (tertiary/aromatic N) is 1. The van der Waals surface area contributed by atoms with E-state index in [2.05, 4.69) is 15.3 Å². The second-order valence-electron chi connectivity index (χ2n) is 2.29. The zero-order chi connectivity index (χ0) is 7.84. The van der Waals surface area contributed by atoms with Crippen LogP contribution in [-0.2, 0) is 11.2 Å². The summed E-state index contributed by atoms with van der Waals surface area (Å²) in [5.41, 5.74) is 0.799. The van der Waals surface area contributed by atoms with Crippen molar-refractivity contribution in [3.05, 3.63) is 16.5 Å². The fourth-order valence-corrected chi connectivity index (χ4v) is 1.27. The SMILES string of the molecule is O=C1Cc2c([nH]cnc2=S)N1. The van der Waals surface area contributed by atoms with Gasteiger partial charge in [-0.15, -0.1) is 0 Å². The number of anilines is 1. The van der Waals surface area contributed by atoms with Crippen molar-refractivity contribution >= 4 is 23.9 Å². The van der Waals surface area contributed by atoms with Crippen LogP contribution in [0, 0.1) is 4.64 Å². The third-order valence-corrected chi connectivity index (χ3v) is 1.90. The molecule has 0 unspecified atom stereocenters. The quantitative estimate of drug-likeness (QED) is 0.557. The van der Waals surface area contributed by atoms with Gasteiger partial charge in [0.25, 0.3) is 0 Å². The second kappa shape index (κ2) is 2.13. The maximum atomic E-state index is 10.8. The number of hydrogen-bond donors (Lipinski definition) is 2. The van der Waals surface area contributed by atoms with Gasteiger partial charge in [-0.05, 0) is 0 Å². The number of amides is 1. The molecule has 0 spiro atoms. The van der Waals surface area contributed by atoms with Crippen LogP contribution in [0.15, 0.2) is 6.33 Å². The van der Waals surface area contributed by atoms with Gasteiger partial charge in [0, 0.05) is 5.56 Å². The van der Waals surface area contributed by atoms with Crippen molar-refractivity contribution in [3.63, 3.8) is 0 Å². The Hall–Kier alpha value is -1.23. The van der Waals surface area contributed by atoms with Crippen LogP contribution in [-0.4, -0.2) is 15.9 Å². The predicted octanol–water partition coefficient (Wildman–Crippen LogP) is 0.634. The fraction of sp³-hybridized carbons (Fsp3) is 0.167. The third-order valence-electron chi connectivity index (χ3n) is 1.55. The van der Waals surface area contributed by atoms with Crippen molar-refractivity contribution in [2.75, 3.05) is 5.32 Å². The molecule has 0 radical (unpaired) electrons. The Kier molecular flexibility index (Phi) is 1.25. The standard InChI is InChI=1S/C6H5N3OS/c10-4-1-3-5(9-4)7-2-8-6(3)11/h2H,1H2,(H2,7,8,9,10,11). The van der Waals surface area contributed by atoms with Gasteiger partial charge >= 0.3 is 0 Å². The molecule has 11 heavy (non-hydrogen) atoms. The lowest BCUT2D eigenvalue weighted by Gasteiger charge is -1.94. The first-order chi connectivity index (χ1) is 5.27. The van der Waals surface area contributed by atoms with E-state index in [4.69, 9.17) is 12.2 Å². The number of aromatic amines is 1. The number of hydrogen-bond acceptors (Lipinski definition) is 3. The molecular weight excluding hydrogens is 162 g/mol. The first kappa shape index (κ1) is 6.48. The molecule has 0 atom stereocenters. The van der Waals surface area contributed by atoms with Crippen LogP contribution in [0.2, 0.25) is 0 Å².